The van der Waals surface area contributed by atoms with Crippen LogP contribution in [0.3, 0.4) is 0 Å². The quantitative estimate of drug-likeness (QED) is 0.580. The van der Waals surface area contributed by atoms with Crippen molar-refractivity contribution in [1.82, 2.24) is 10.6 Å². The lowest BCUT2D eigenvalue weighted by Crippen LogP contribution is -2.52. The monoisotopic (exact) mass is 379 g/mol. The Labute approximate surface area is 157 Å². The van der Waals surface area contributed by atoms with Crippen molar-refractivity contribution in [2.75, 3.05) is 18.5 Å². The van der Waals surface area contributed by atoms with E-state index in [0.29, 0.717) is 25.8 Å². The molecule has 0 bridgehead atoms. The lowest BCUT2D eigenvalue weighted by Gasteiger charge is -2.36. The average molecular weight is 379 g/mol. The standard InChI is InChI=1S/C19H26FN3O4/c20-14-3-1-2-4-15(14)22-19(26)23-16-8-7-13(27-17(16)11-24)9-10-21-18(25)12-5-6-12/h1-4,12-13,16-17,24H,5-11H2,(H,21,25)(H2,22,23,26)/t13-,16-,17-/m1/s1. The first kappa shape index (κ1) is 19.6. The number of para-hydroxylation sites is 1. The molecule has 148 valence electrons. The van der Waals surface area contributed by atoms with E-state index in [4.69, 9.17) is 4.74 Å². The zero-order valence-corrected chi connectivity index (χ0v) is 15.1. The number of carbonyl (C=O) groups is 2. The van der Waals surface area contributed by atoms with Crippen LogP contribution in [0.5, 0.6) is 0 Å². The predicted molar refractivity (Wildman–Crippen MR) is 97.7 cm³/mol. The molecule has 27 heavy (non-hydrogen) atoms. The minimum absolute atomic E-state index is 0.0747. The van der Waals surface area contributed by atoms with Crippen LogP contribution >= 0.6 is 0 Å². The minimum atomic E-state index is -0.540. The van der Waals surface area contributed by atoms with E-state index in [1.165, 1.54) is 12.1 Å². The fraction of sp³-hybridized carbons (Fsp3) is 0.579. The number of halogens is 1. The Hall–Kier alpha value is -2.19. The summed E-state index contributed by atoms with van der Waals surface area (Å²) >= 11 is 0. The van der Waals surface area contributed by atoms with Crippen molar-refractivity contribution in [2.45, 2.75) is 50.4 Å². The van der Waals surface area contributed by atoms with E-state index in [1.807, 2.05) is 0 Å². The number of anilines is 1. The highest BCUT2D eigenvalue weighted by atomic mass is 19.1. The molecule has 0 aromatic heterocycles. The number of hydrogen-bond donors (Lipinski definition) is 4. The van der Waals surface area contributed by atoms with Crippen LogP contribution in [0.2, 0.25) is 0 Å². The second-order valence-corrected chi connectivity index (χ2v) is 7.10. The van der Waals surface area contributed by atoms with Crippen LogP contribution in [0.25, 0.3) is 0 Å². The molecule has 1 saturated heterocycles. The smallest absolute Gasteiger partial charge is 0.319 e. The van der Waals surface area contributed by atoms with Gasteiger partial charge in [0.15, 0.2) is 0 Å². The summed E-state index contributed by atoms with van der Waals surface area (Å²) in [6.07, 6.45) is 3.35. The van der Waals surface area contributed by atoms with Gasteiger partial charge in [0.1, 0.15) is 11.9 Å². The lowest BCUT2D eigenvalue weighted by molar-refractivity contribution is -0.122. The van der Waals surface area contributed by atoms with Crippen molar-refractivity contribution in [3.8, 4) is 0 Å². The van der Waals surface area contributed by atoms with E-state index in [2.05, 4.69) is 16.0 Å². The van der Waals surface area contributed by atoms with E-state index in [0.717, 1.165) is 12.8 Å². The first-order valence-corrected chi connectivity index (χ1v) is 9.43. The van der Waals surface area contributed by atoms with E-state index in [-0.39, 0.29) is 36.3 Å². The van der Waals surface area contributed by atoms with Gasteiger partial charge in [-0.05, 0) is 44.2 Å². The molecule has 8 heteroatoms. The first-order chi connectivity index (χ1) is 13.1. The number of ether oxygens (including phenoxy) is 1. The average Bonchev–Trinajstić information content (AvgIpc) is 3.50. The Bertz CT molecular complexity index is 668. The van der Waals surface area contributed by atoms with Gasteiger partial charge in [0.2, 0.25) is 5.91 Å². The zero-order chi connectivity index (χ0) is 19.2. The summed E-state index contributed by atoms with van der Waals surface area (Å²) < 4.78 is 19.5. The molecule has 7 nitrogen and oxygen atoms in total. The number of nitrogens with one attached hydrogen (secondary N) is 3. The van der Waals surface area contributed by atoms with E-state index in [1.54, 1.807) is 12.1 Å². The number of carbonyl (C=O) groups excluding carboxylic acids is 2. The van der Waals surface area contributed by atoms with Gasteiger partial charge in [-0.15, -0.1) is 0 Å². The van der Waals surface area contributed by atoms with Crippen molar-refractivity contribution in [1.29, 1.82) is 0 Å². The highest BCUT2D eigenvalue weighted by Crippen LogP contribution is 2.29. The van der Waals surface area contributed by atoms with Crippen molar-refractivity contribution < 1.29 is 23.8 Å². The highest BCUT2D eigenvalue weighted by molar-refractivity contribution is 5.89. The summed E-state index contributed by atoms with van der Waals surface area (Å²) in [7, 11) is 0. The van der Waals surface area contributed by atoms with Crippen LogP contribution < -0.4 is 16.0 Å². The second-order valence-electron chi connectivity index (χ2n) is 7.10. The second kappa shape index (κ2) is 9.14. The SMILES string of the molecule is O=C(Nc1ccccc1F)N[C@@H]1CC[C@H](CCNC(=O)C2CC2)O[C@@H]1CO. The summed E-state index contributed by atoms with van der Waals surface area (Å²) in [5, 5.41) is 17.7. The normalized spacial score (nSPS) is 24.9. The molecule has 1 aromatic rings. The van der Waals surface area contributed by atoms with Gasteiger partial charge in [0.05, 0.1) is 24.4 Å². The molecular weight excluding hydrogens is 353 g/mol. The van der Waals surface area contributed by atoms with E-state index >= 15 is 0 Å². The Morgan fingerprint density at radius 2 is 1.96 bits per heavy atom. The van der Waals surface area contributed by atoms with E-state index in [9.17, 15) is 19.1 Å². The van der Waals surface area contributed by atoms with Gasteiger partial charge in [-0.1, -0.05) is 12.1 Å². The van der Waals surface area contributed by atoms with E-state index < -0.39 is 18.0 Å². The number of hydrogen-bond acceptors (Lipinski definition) is 4. The van der Waals surface area contributed by atoms with Crippen LogP contribution in [-0.2, 0) is 9.53 Å². The molecule has 1 aliphatic carbocycles. The third-order valence-electron chi connectivity index (χ3n) is 4.95. The molecule has 1 heterocycles. The Balaban J connectivity index is 1.43. The van der Waals surface area contributed by atoms with Crippen LogP contribution in [-0.4, -0.2) is 48.4 Å². The Kier molecular flexibility index (Phi) is 6.63. The summed E-state index contributed by atoms with van der Waals surface area (Å²) in [4.78, 5) is 23.8. The van der Waals surface area contributed by atoms with Gasteiger partial charge in [0.25, 0.3) is 0 Å². The summed E-state index contributed by atoms with van der Waals surface area (Å²) in [6.45, 7) is 0.319. The van der Waals surface area contributed by atoms with Crippen LogP contribution in [0.4, 0.5) is 14.9 Å². The fourth-order valence-electron chi connectivity index (χ4n) is 3.24. The molecular formula is C19H26FN3O4. The topological polar surface area (TPSA) is 99.7 Å². The molecule has 2 fully saturated rings. The maximum atomic E-state index is 13.6. The largest absolute Gasteiger partial charge is 0.394 e. The van der Waals surface area contributed by atoms with Crippen molar-refractivity contribution in [3.63, 3.8) is 0 Å². The molecule has 0 unspecified atom stereocenters. The number of urea groups is 1. The molecule has 3 amide bonds. The fourth-order valence-corrected chi connectivity index (χ4v) is 3.24. The molecule has 3 rings (SSSR count). The Morgan fingerprint density at radius 1 is 1.19 bits per heavy atom. The predicted octanol–water partition coefficient (Wildman–Crippen LogP) is 1.77. The highest BCUT2D eigenvalue weighted by Gasteiger charge is 2.33. The lowest BCUT2D eigenvalue weighted by atomic mass is 9.97. The maximum absolute atomic E-state index is 13.6. The van der Waals surface area contributed by atoms with Crippen molar-refractivity contribution >= 4 is 17.6 Å². The molecule has 0 spiro atoms. The van der Waals surface area contributed by atoms with Gasteiger partial charge in [-0.3, -0.25) is 4.79 Å². The molecule has 1 aromatic carbocycles. The molecule has 1 aliphatic heterocycles. The number of benzene rings is 1. The van der Waals surface area contributed by atoms with Crippen molar-refractivity contribution in [2.24, 2.45) is 5.92 Å². The zero-order valence-electron chi connectivity index (χ0n) is 15.1. The minimum Gasteiger partial charge on any atom is -0.394 e. The molecule has 3 atom stereocenters. The van der Waals surface area contributed by atoms with Crippen LogP contribution in [0.15, 0.2) is 24.3 Å². The van der Waals surface area contributed by atoms with Crippen molar-refractivity contribution in [3.05, 3.63) is 30.1 Å². The third-order valence-corrected chi connectivity index (χ3v) is 4.95. The van der Waals surface area contributed by atoms with Gasteiger partial charge in [-0.2, -0.15) is 0 Å². The number of rotatable bonds is 7. The maximum Gasteiger partial charge on any atom is 0.319 e. The molecule has 2 aliphatic rings. The van der Waals surface area contributed by atoms with Crippen LogP contribution in [0, 0.1) is 11.7 Å². The number of aliphatic hydroxyl groups excluding tert-OH is 1. The molecule has 1 saturated carbocycles. The van der Waals surface area contributed by atoms with Gasteiger partial charge in [-0.25, -0.2) is 9.18 Å². The first-order valence-electron chi connectivity index (χ1n) is 9.43. The van der Waals surface area contributed by atoms with Gasteiger partial charge in [0, 0.05) is 12.5 Å². The Morgan fingerprint density at radius 3 is 2.67 bits per heavy atom. The molecule has 4 N–H and O–H groups in total. The summed E-state index contributed by atoms with van der Waals surface area (Å²) in [5.74, 6) is -0.225. The molecule has 0 radical (unpaired) electrons. The third kappa shape index (κ3) is 5.64. The van der Waals surface area contributed by atoms with Gasteiger partial charge >= 0.3 is 6.03 Å². The van der Waals surface area contributed by atoms with Crippen LogP contribution in [0.1, 0.15) is 32.1 Å². The number of amides is 3. The summed E-state index contributed by atoms with van der Waals surface area (Å²) in [6, 6.07) is 5.01. The van der Waals surface area contributed by atoms with Gasteiger partial charge < -0.3 is 25.8 Å². The number of aliphatic hydroxyl groups is 1. The summed E-state index contributed by atoms with van der Waals surface area (Å²) in [5.41, 5.74) is 0.0940.